The van der Waals surface area contributed by atoms with Crippen LogP contribution in [-0.4, -0.2) is 34.9 Å². The number of aryl methyl sites for hydroxylation is 2. The number of hydrogen-bond donors (Lipinski definition) is 2. The van der Waals surface area contributed by atoms with E-state index in [0.29, 0.717) is 36.8 Å². The first-order valence-corrected chi connectivity index (χ1v) is 6.35. The van der Waals surface area contributed by atoms with Crippen LogP contribution in [-0.2, 0) is 11.3 Å². The summed E-state index contributed by atoms with van der Waals surface area (Å²) in [5.41, 5.74) is 7.57. The molecule has 0 spiro atoms. The molecule has 1 aromatic heterocycles. The predicted octanol–water partition coefficient (Wildman–Crippen LogP) is 0.702. The summed E-state index contributed by atoms with van der Waals surface area (Å²) in [5, 5.41) is 7.25. The lowest BCUT2D eigenvalue weighted by Crippen LogP contribution is -2.40. The lowest BCUT2D eigenvalue weighted by Gasteiger charge is -2.23. The van der Waals surface area contributed by atoms with E-state index in [0.717, 1.165) is 12.8 Å². The van der Waals surface area contributed by atoms with Crippen LogP contribution in [0.1, 0.15) is 35.9 Å². The number of hydrogen-bond acceptors (Lipinski definition) is 4. The molecule has 0 aromatic carbocycles. The van der Waals surface area contributed by atoms with Crippen molar-refractivity contribution in [2.24, 2.45) is 0 Å². The first kappa shape index (κ1) is 12.9. The van der Waals surface area contributed by atoms with Crippen molar-refractivity contribution in [2.75, 3.05) is 18.9 Å². The second kappa shape index (κ2) is 5.39. The molecule has 18 heavy (non-hydrogen) atoms. The third-order valence-corrected chi connectivity index (χ3v) is 3.24. The van der Waals surface area contributed by atoms with Crippen LogP contribution >= 0.6 is 0 Å². The first-order chi connectivity index (χ1) is 8.63. The van der Waals surface area contributed by atoms with Crippen molar-refractivity contribution in [1.82, 2.24) is 15.1 Å². The van der Waals surface area contributed by atoms with Gasteiger partial charge in [0.2, 0.25) is 0 Å². The maximum Gasteiger partial charge on any atom is 0.271 e. The minimum absolute atomic E-state index is 0.137. The number of nitrogens with zero attached hydrogens (tertiary/aromatic N) is 2. The summed E-state index contributed by atoms with van der Waals surface area (Å²) in [4.78, 5) is 12.2. The highest BCUT2D eigenvalue weighted by Crippen LogP contribution is 2.17. The third-order valence-electron chi connectivity index (χ3n) is 3.24. The van der Waals surface area contributed by atoms with Crippen LogP contribution in [0.2, 0.25) is 0 Å². The molecule has 2 rings (SSSR count). The van der Waals surface area contributed by atoms with E-state index in [2.05, 4.69) is 10.4 Å². The molecule has 1 aliphatic rings. The van der Waals surface area contributed by atoms with Gasteiger partial charge in [0, 0.05) is 25.8 Å². The second-order valence-electron chi connectivity index (χ2n) is 4.52. The molecule has 0 unspecified atom stereocenters. The molecule has 1 amide bonds. The molecule has 100 valence electrons. The normalized spacial score (nSPS) is 16.8. The average Bonchev–Trinajstić information content (AvgIpc) is 2.66. The summed E-state index contributed by atoms with van der Waals surface area (Å²) in [6, 6.07) is 0.172. The molecule has 0 radical (unpaired) electrons. The van der Waals surface area contributed by atoms with Gasteiger partial charge in [-0.3, -0.25) is 9.48 Å². The van der Waals surface area contributed by atoms with Crippen LogP contribution < -0.4 is 11.1 Å². The van der Waals surface area contributed by atoms with E-state index in [1.54, 1.807) is 4.68 Å². The summed E-state index contributed by atoms with van der Waals surface area (Å²) in [7, 11) is 0. The van der Waals surface area contributed by atoms with Gasteiger partial charge in [-0.1, -0.05) is 0 Å². The number of anilines is 1. The molecule has 0 bridgehead atoms. The maximum atomic E-state index is 12.2. The Kier molecular flexibility index (Phi) is 3.86. The average molecular weight is 252 g/mol. The topological polar surface area (TPSA) is 82.2 Å². The fraction of sp³-hybridized carbons (Fsp3) is 0.667. The standard InChI is InChI=1S/C12H20N4O2/c1-3-16-11(10(13)8(2)15-16)12(17)14-9-4-6-18-7-5-9/h9H,3-7,13H2,1-2H3,(H,14,17). The largest absolute Gasteiger partial charge is 0.395 e. The number of aromatic nitrogens is 2. The lowest BCUT2D eigenvalue weighted by atomic mass is 10.1. The van der Waals surface area contributed by atoms with Gasteiger partial charge in [0.05, 0.1) is 11.4 Å². The number of rotatable bonds is 3. The molecule has 3 N–H and O–H groups in total. The van der Waals surface area contributed by atoms with Gasteiger partial charge >= 0.3 is 0 Å². The zero-order chi connectivity index (χ0) is 13.1. The zero-order valence-corrected chi connectivity index (χ0v) is 10.9. The monoisotopic (exact) mass is 252 g/mol. The van der Waals surface area contributed by atoms with Crippen LogP contribution in [0.15, 0.2) is 0 Å². The Balaban J connectivity index is 2.12. The quantitative estimate of drug-likeness (QED) is 0.829. The molecular formula is C12H20N4O2. The molecule has 1 fully saturated rings. The van der Waals surface area contributed by atoms with Gasteiger partial charge in [0.1, 0.15) is 5.69 Å². The second-order valence-corrected chi connectivity index (χ2v) is 4.52. The van der Waals surface area contributed by atoms with Crippen LogP contribution in [0.5, 0.6) is 0 Å². The fourth-order valence-corrected chi connectivity index (χ4v) is 2.16. The number of nitrogens with two attached hydrogens (primary N) is 1. The van der Waals surface area contributed by atoms with Crippen LogP contribution in [0.25, 0.3) is 0 Å². The van der Waals surface area contributed by atoms with Gasteiger partial charge in [-0.15, -0.1) is 0 Å². The van der Waals surface area contributed by atoms with Crippen molar-refractivity contribution in [2.45, 2.75) is 39.3 Å². The molecule has 6 heteroatoms. The summed E-state index contributed by atoms with van der Waals surface area (Å²) in [6.45, 7) is 5.79. The van der Waals surface area contributed by atoms with Crippen LogP contribution in [0.4, 0.5) is 5.69 Å². The molecule has 6 nitrogen and oxygen atoms in total. The Morgan fingerprint density at radius 3 is 2.83 bits per heavy atom. The lowest BCUT2D eigenvalue weighted by molar-refractivity contribution is 0.0692. The zero-order valence-electron chi connectivity index (χ0n) is 10.9. The van der Waals surface area contributed by atoms with E-state index in [1.165, 1.54) is 0 Å². The molecule has 1 aliphatic heterocycles. The number of carbonyl (C=O) groups excluding carboxylic acids is 1. The summed E-state index contributed by atoms with van der Waals surface area (Å²) >= 11 is 0. The predicted molar refractivity (Wildman–Crippen MR) is 68.4 cm³/mol. The Morgan fingerprint density at radius 2 is 2.22 bits per heavy atom. The number of amides is 1. The van der Waals surface area contributed by atoms with E-state index in [-0.39, 0.29) is 11.9 Å². The highest BCUT2D eigenvalue weighted by molar-refractivity contribution is 5.98. The van der Waals surface area contributed by atoms with Crippen molar-refractivity contribution in [3.8, 4) is 0 Å². The van der Waals surface area contributed by atoms with Crippen molar-refractivity contribution in [3.05, 3.63) is 11.4 Å². The van der Waals surface area contributed by atoms with E-state index in [9.17, 15) is 4.79 Å². The van der Waals surface area contributed by atoms with Gasteiger partial charge in [0.15, 0.2) is 0 Å². The van der Waals surface area contributed by atoms with E-state index in [1.807, 2.05) is 13.8 Å². The van der Waals surface area contributed by atoms with E-state index in [4.69, 9.17) is 10.5 Å². The minimum atomic E-state index is -0.137. The molecule has 0 atom stereocenters. The van der Waals surface area contributed by atoms with E-state index < -0.39 is 0 Å². The maximum absolute atomic E-state index is 12.2. The molecule has 2 heterocycles. The van der Waals surface area contributed by atoms with Crippen molar-refractivity contribution in [1.29, 1.82) is 0 Å². The highest BCUT2D eigenvalue weighted by atomic mass is 16.5. The van der Waals surface area contributed by atoms with Crippen molar-refractivity contribution >= 4 is 11.6 Å². The highest BCUT2D eigenvalue weighted by Gasteiger charge is 2.22. The Bertz CT molecular complexity index is 436. The van der Waals surface area contributed by atoms with Crippen LogP contribution in [0, 0.1) is 6.92 Å². The van der Waals surface area contributed by atoms with Gasteiger partial charge in [-0.25, -0.2) is 0 Å². The van der Waals surface area contributed by atoms with Crippen molar-refractivity contribution < 1.29 is 9.53 Å². The van der Waals surface area contributed by atoms with Crippen molar-refractivity contribution in [3.63, 3.8) is 0 Å². The number of carbonyl (C=O) groups is 1. The summed E-state index contributed by atoms with van der Waals surface area (Å²) in [6.07, 6.45) is 1.70. The molecular weight excluding hydrogens is 232 g/mol. The smallest absolute Gasteiger partial charge is 0.271 e. The van der Waals surface area contributed by atoms with Gasteiger partial charge in [0.25, 0.3) is 5.91 Å². The third kappa shape index (κ3) is 2.48. The Morgan fingerprint density at radius 1 is 1.56 bits per heavy atom. The molecule has 1 saturated heterocycles. The Labute approximate surface area is 106 Å². The molecule has 0 aliphatic carbocycles. The number of nitrogen functional groups attached to an aromatic ring is 1. The Hall–Kier alpha value is -1.56. The number of ether oxygens (including phenoxy) is 1. The first-order valence-electron chi connectivity index (χ1n) is 6.35. The van der Waals surface area contributed by atoms with Crippen LogP contribution in [0.3, 0.4) is 0 Å². The molecule has 1 aromatic rings. The van der Waals surface area contributed by atoms with Gasteiger partial charge < -0.3 is 15.8 Å². The summed E-state index contributed by atoms with van der Waals surface area (Å²) < 4.78 is 6.92. The molecule has 0 saturated carbocycles. The van der Waals surface area contributed by atoms with Gasteiger partial charge in [-0.05, 0) is 26.7 Å². The number of nitrogens with one attached hydrogen (secondary N) is 1. The SMILES string of the molecule is CCn1nc(C)c(N)c1C(=O)NC1CCOCC1. The fourth-order valence-electron chi connectivity index (χ4n) is 2.16. The minimum Gasteiger partial charge on any atom is -0.395 e. The summed E-state index contributed by atoms with van der Waals surface area (Å²) in [5.74, 6) is -0.137. The van der Waals surface area contributed by atoms with E-state index >= 15 is 0 Å². The van der Waals surface area contributed by atoms with Gasteiger partial charge in [-0.2, -0.15) is 5.10 Å².